The highest BCUT2D eigenvalue weighted by molar-refractivity contribution is 5.57. The van der Waals surface area contributed by atoms with E-state index in [9.17, 15) is 4.39 Å². The second-order valence-corrected chi connectivity index (χ2v) is 4.64. The van der Waals surface area contributed by atoms with Crippen molar-refractivity contribution in [2.24, 2.45) is 0 Å². The molecule has 106 valence electrons. The van der Waals surface area contributed by atoms with Gasteiger partial charge in [-0.05, 0) is 36.8 Å². The maximum Gasteiger partial charge on any atom is 0.178 e. The van der Waals surface area contributed by atoms with Crippen molar-refractivity contribution < 1.29 is 4.39 Å². The summed E-state index contributed by atoms with van der Waals surface area (Å²) in [6, 6.07) is 10.2. The van der Waals surface area contributed by atoms with Gasteiger partial charge in [-0.3, -0.25) is 0 Å². The second kappa shape index (κ2) is 5.70. The SMILES string of the molecule is CC(Nc1cccnc1-n1cncn1)c1cccc(F)c1. The number of pyridine rings is 1. The number of aromatic nitrogens is 4. The Morgan fingerprint density at radius 1 is 1.24 bits per heavy atom. The first-order valence-electron chi connectivity index (χ1n) is 6.56. The van der Waals surface area contributed by atoms with Crippen molar-refractivity contribution in [2.75, 3.05) is 5.32 Å². The van der Waals surface area contributed by atoms with Gasteiger partial charge >= 0.3 is 0 Å². The molecule has 0 aliphatic heterocycles. The number of hydrogen-bond acceptors (Lipinski definition) is 4. The topological polar surface area (TPSA) is 55.6 Å². The van der Waals surface area contributed by atoms with Crippen molar-refractivity contribution in [3.63, 3.8) is 0 Å². The van der Waals surface area contributed by atoms with E-state index in [0.717, 1.165) is 11.3 Å². The summed E-state index contributed by atoms with van der Waals surface area (Å²) < 4.78 is 14.9. The molecule has 6 heteroatoms. The van der Waals surface area contributed by atoms with Gasteiger partial charge in [-0.2, -0.15) is 5.10 Å². The van der Waals surface area contributed by atoms with Crippen LogP contribution in [0.4, 0.5) is 10.1 Å². The summed E-state index contributed by atoms with van der Waals surface area (Å²) >= 11 is 0. The summed E-state index contributed by atoms with van der Waals surface area (Å²) in [7, 11) is 0. The maximum atomic E-state index is 13.3. The lowest BCUT2D eigenvalue weighted by atomic mass is 10.1. The second-order valence-electron chi connectivity index (χ2n) is 4.64. The van der Waals surface area contributed by atoms with E-state index in [1.54, 1.807) is 23.3 Å². The first kappa shape index (κ1) is 13.2. The van der Waals surface area contributed by atoms with Gasteiger partial charge in [0.05, 0.1) is 5.69 Å². The van der Waals surface area contributed by atoms with Crippen LogP contribution in [0.2, 0.25) is 0 Å². The van der Waals surface area contributed by atoms with E-state index < -0.39 is 0 Å². The lowest BCUT2D eigenvalue weighted by Gasteiger charge is -2.17. The van der Waals surface area contributed by atoms with Crippen LogP contribution in [0.3, 0.4) is 0 Å². The number of nitrogens with one attached hydrogen (secondary N) is 1. The highest BCUT2D eigenvalue weighted by Gasteiger charge is 2.11. The highest BCUT2D eigenvalue weighted by Crippen LogP contribution is 2.23. The summed E-state index contributed by atoms with van der Waals surface area (Å²) in [5.74, 6) is 0.405. The Balaban J connectivity index is 1.88. The third-order valence-corrected chi connectivity index (χ3v) is 3.14. The van der Waals surface area contributed by atoms with Crippen LogP contribution >= 0.6 is 0 Å². The molecule has 0 aliphatic carbocycles. The monoisotopic (exact) mass is 283 g/mol. The van der Waals surface area contributed by atoms with Gasteiger partial charge in [-0.25, -0.2) is 19.0 Å². The quantitative estimate of drug-likeness (QED) is 0.799. The molecule has 0 aliphatic rings. The van der Waals surface area contributed by atoms with Crippen molar-refractivity contribution in [1.82, 2.24) is 19.7 Å². The van der Waals surface area contributed by atoms with Gasteiger partial charge in [-0.1, -0.05) is 12.1 Å². The Morgan fingerprint density at radius 2 is 2.14 bits per heavy atom. The highest BCUT2D eigenvalue weighted by atomic mass is 19.1. The van der Waals surface area contributed by atoms with Crippen LogP contribution < -0.4 is 5.32 Å². The molecule has 2 aromatic heterocycles. The average Bonchev–Trinajstić information content (AvgIpc) is 3.02. The maximum absolute atomic E-state index is 13.3. The Hall–Kier alpha value is -2.76. The number of anilines is 1. The average molecular weight is 283 g/mol. The molecule has 0 fully saturated rings. The number of benzene rings is 1. The van der Waals surface area contributed by atoms with E-state index in [4.69, 9.17) is 0 Å². The molecule has 1 aromatic carbocycles. The molecular formula is C15H14FN5. The van der Waals surface area contributed by atoms with Crippen molar-refractivity contribution in [1.29, 1.82) is 0 Å². The Kier molecular flexibility index (Phi) is 3.59. The van der Waals surface area contributed by atoms with Crippen LogP contribution in [0.1, 0.15) is 18.5 Å². The summed E-state index contributed by atoms with van der Waals surface area (Å²) in [6.07, 6.45) is 4.73. The van der Waals surface area contributed by atoms with Crippen LogP contribution in [-0.4, -0.2) is 19.7 Å². The zero-order valence-corrected chi connectivity index (χ0v) is 11.4. The summed E-state index contributed by atoms with van der Waals surface area (Å²) in [5.41, 5.74) is 1.67. The fraction of sp³-hybridized carbons (Fsp3) is 0.133. The van der Waals surface area contributed by atoms with Crippen molar-refractivity contribution >= 4 is 5.69 Å². The number of halogens is 1. The zero-order chi connectivity index (χ0) is 14.7. The predicted molar refractivity (Wildman–Crippen MR) is 77.6 cm³/mol. The summed E-state index contributed by atoms with van der Waals surface area (Å²) in [5, 5.41) is 7.41. The number of rotatable bonds is 4. The molecular weight excluding hydrogens is 269 g/mol. The van der Waals surface area contributed by atoms with E-state index in [2.05, 4.69) is 20.4 Å². The zero-order valence-electron chi connectivity index (χ0n) is 11.4. The Bertz CT molecular complexity index is 726. The molecule has 1 atom stereocenters. The van der Waals surface area contributed by atoms with Gasteiger partial charge in [0, 0.05) is 12.2 Å². The molecule has 3 aromatic rings. The molecule has 1 N–H and O–H groups in total. The minimum absolute atomic E-state index is 0.0628. The van der Waals surface area contributed by atoms with Gasteiger partial charge in [0.25, 0.3) is 0 Å². The van der Waals surface area contributed by atoms with Crippen LogP contribution in [0.25, 0.3) is 5.82 Å². The standard InChI is InChI=1S/C15H14FN5/c1-11(12-4-2-5-13(16)8-12)20-14-6-3-7-18-15(14)21-10-17-9-19-21/h2-11,20H,1H3. The van der Waals surface area contributed by atoms with Gasteiger partial charge in [0.15, 0.2) is 5.82 Å². The van der Waals surface area contributed by atoms with Crippen LogP contribution in [0.5, 0.6) is 0 Å². The summed E-state index contributed by atoms with van der Waals surface area (Å²) in [6.45, 7) is 1.97. The fourth-order valence-corrected chi connectivity index (χ4v) is 2.10. The van der Waals surface area contributed by atoms with E-state index in [1.807, 2.05) is 25.1 Å². The molecule has 0 bridgehead atoms. The third-order valence-electron chi connectivity index (χ3n) is 3.14. The van der Waals surface area contributed by atoms with Gasteiger partial charge < -0.3 is 5.32 Å². The predicted octanol–water partition coefficient (Wildman–Crippen LogP) is 2.97. The first-order valence-corrected chi connectivity index (χ1v) is 6.56. The molecule has 0 saturated heterocycles. The fourth-order valence-electron chi connectivity index (χ4n) is 2.10. The third kappa shape index (κ3) is 2.89. The largest absolute Gasteiger partial charge is 0.375 e. The molecule has 5 nitrogen and oxygen atoms in total. The molecule has 0 saturated carbocycles. The smallest absolute Gasteiger partial charge is 0.178 e. The van der Waals surface area contributed by atoms with E-state index in [1.165, 1.54) is 18.5 Å². The lowest BCUT2D eigenvalue weighted by Crippen LogP contribution is -2.11. The van der Waals surface area contributed by atoms with Crippen molar-refractivity contribution in [3.8, 4) is 5.82 Å². The van der Waals surface area contributed by atoms with Crippen LogP contribution in [0, 0.1) is 5.82 Å². The van der Waals surface area contributed by atoms with Crippen LogP contribution in [-0.2, 0) is 0 Å². The van der Waals surface area contributed by atoms with Gasteiger partial charge in [0.1, 0.15) is 18.5 Å². The molecule has 2 heterocycles. The molecule has 21 heavy (non-hydrogen) atoms. The van der Waals surface area contributed by atoms with Crippen molar-refractivity contribution in [2.45, 2.75) is 13.0 Å². The van der Waals surface area contributed by atoms with E-state index in [0.29, 0.717) is 5.82 Å². The first-order chi connectivity index (χ1) is 10.2. The Labute approximate surface area is 121 Å². The van der Waals surface area contributed by atoms with Crippen LogP contribution in [0.15, 0.2) is 55.2 Å². The van der Waals surface area contributed by atoms with E-state index >= 15 is 0 Å². The minimum atomic E-state index is -0.246. The van der Waals surface area contributed by atoms with E-state index in [-0.39, 0.29) is 11.9 Å². The molecule has 3 rings (SSSR count). The van der Waals surface area contributed by atoms with Crippen molar-refractivity contribution in [3.05, 3.63) is 66.6 Å². The summed E-state index contributed by atoms with van der Waals surface area (Å²) in [4.78, 5) is 8.23. The lowest BCUT2D eigenvalue weighted by molar-refractivity contribution is 0.623. The number of nitrogens with zero attached hydrogens (tertiary/aromatic N) is 4. The molecule has 0 radical (unpaired) electrons. The molecule has 0 spiro atoms. The molecule has 0 amide bonds. The minimum Gasteiger partial charge on any atom is -0.375 e. The van der Waals surface area contributed by atoms with Gasteiger partial charge in [-0.15, -0.1) is 0 Å². The normalized spacial score (nSPS) is 12.1. The Morgan fingerprint density at radius 3 is 2.90 bits per heavy atom. The number of hydrogen-bond donors (Lipinski definition) is 1. The van der Waals surface area contributed by atoms with Gasteiger partial charge in [0.2, 0.25) is 0 Å². The molecule has 1 unspecified atom stereocenters.